The van der Waals surface area contributed by atoms with Gasteiger partial charge in [-0.3, -0.25) is 14.9 Å². The van der Waals surface area contributed by atoms with Crippen molar-refractivity contribution >= 4 is 17.4 Å². The van der Waals surface area contributed by atoms with Gasteiger partial charge < -0.3 is 5.11 Å². The van der Waals surface area contributed by atoms with Crippen molar-refractivity contribution in [3.63, 3.8) is 0 Å². The summed E-state index contributed by atoms with van der Waals surface area (Å²) in [5.74, 6) is -1.84. The minimum absolute atomic E-state index is 0.0831. The number of carboxylic acids is 1. The van der Waals surface area contributed by atoms with Crippen molar-refractivity contribution in [2.75, 3.05) is 0 Å². The van der Waals surface area contributed by atoms with Gasteiger partial charge in [-0.15, -0.1) is 0 Å². The molecule has 1 aromatic rings. The van der Waals surface area contributed by atoms with Gasteiger partial charge in [-0.05, 0) is 13.0 Å². The lowest BCUT2D eigenvalue weighted by Gasteiger charge is -1.99. The third-order valence-corrected chi connectivity index (χ3v) is 2.07. The van der Waals surface area contributed by atoms with Crippen LogP contribution >= 0.6 is 0 Å². The second kappa shape index (κ2) is 5.02. The highest BCUT2D eigenvalue weighted by atomic mass is 16.6. The minimum atomic E-state index is -1.25. The molecule has 0 aliphatic carbocycles. The average Bonchev–Trinajstić information content (AvgIpc) is 2.26. The van der Waals surface area contributed by atoms with Gasteiger partial charge in [0.1, 0.15) is 0 Å². The van der Waals surface area contributed by atoms with Crippen LogP contribution < -0.4 is 0 Å². The average molecular weight is 235 g/mol. The van der Waals surface area contributed by atoms with Crippen LogP contribution in [0.4, 0.5) is 5.69 Å². The summed E-state index contributed by atoms with van der Waals surface area (Å²) in [5.41, 5.74) is 0.355. The van der Waals surface area contributed by atoms with E-state index in [1.807, 2.05) is 0 Å². The van der Waals surface area contributed by atoms with E-state index in [9.17, 15) is 19.7 Å². The molecular weight excluding hydrogens is 226 g/mol. The maximum Gasteiger partial charge on any atom is 0.328 e. The minimum Gasteiger partial charge on any atom is -0.478 e. The Labute approximate surface area is 96.3 Å². The monoisotopic (exact) mass is 235 g/mol. The Morgan fingerprint density at radius 2 is 2.00 bits per heavy atom. The first-order chi connectivity index (χ1) is 7.91. The number of nitro groups is 1. The molecule has 0 bridgehead atoms. The van der Waals surface area contributed by atoms with Crippen LogP contribution in [0.3, 0.4) is 0 Å². The number of carboxylic acid groups (broad SMARTS) is 1. The molecule has 6 nitrogen and oxygen atoms in total. The van der Waals surface area contributed by atoms with Crippen molar-refractivity contribution in [1.29, 1.82) is 0 Å². The normalized spacial score (nSPS) is 10.4. The standard InChI is InChI=1S/C11H9NO5/c1-7-2-3-8(6-9(7)12(16)17)10(13)4-5-11(14)15/h2-6H,1H3,(H,14,15). The van der Waals surface area contributed by atoms with Gasteiger partial charge in [0, 0.05) is 23.3 Å². The fraction of sp³-hybridized carbons (Fsp3) is 0.0909. The predicted molar refractivity (Wildman–Crippen MR) is 58.9 cm³/mol. The van der Waals surface area contributed by atoms with Crippen LogP contribution in [-0.4, -0.2) is 21.8 Å². The number of aliphatic carboxylic acids is 1. The Hall–Kier alpha value is -2.50. The number of carbonyl (C=O) groups excluding carboxylic acids is 1. The highest BCUT2D eigenvalue weighted by Gasteiger charge is 2.13. The van der Waals surface area contributed by atoms with Gasteiger partial charge >= 0.3 is 5.97 Å². The Morgan fingerprint density at radius 1 is 1.35 bits per heavy atom. The van der Waals surface area contributed by atoms with Crippen molar-refractivity contribution in [3.05, 3.63) is 51.6 Å². The topological polar surface area (TPSA) is 97.5 Å². The lowest BCUT2D eigenvalue weighted by atomic mass is 10.1. The molecule has 17 heavy (non-hydrogen) atoms. The summed E-state index contributed by atoms with van der Waals surface area (Å²) >= 11 is 0. The molecule has 0 aromatic heterocycles. The Kier molecular flexibility index (Phi) is 3.71. The highest BCUT2D eigenvalue weighted by Crippen LogP contribution is 2.19. The molecule has 0 saturated heterocycles. The first kappa shape index (κ1) is 12.6. The van der Waals surface area contributed by atoms with Crippen LogP contribution in [0.2, 0.25) is 0 Å². The van der Waals surface area contributed by atoms with Gasteiger partial charge in [0.05, 0.1) is 4.92 Å². The molecule has 0 amide bonds. The van der Waals surface area contributed by atoms with E-state index >= 15 is 0 Å². The molecule has 1 rings (SSSR count). The number of carbonyl (C=O) groups is 2. The van der Waals surface area contributed by atoms with Crippen LogP contribution in [-0.2, 0) is 4.79 Å². The summed E-state index contributed by atoms with van der Waals surface area (Å²) in [4.78, 5) is 31.7. The van der Waals surface area contributed by atoms with Crippen LogP contribution in [0.1, 0.15) is 15.9 Å². The van der Waals surface area contributed by atoms with E-state index in [0.29, 0.717) is 11.6 Å². The van der Waals surface area contributed by atoms with Crippen LogP contribution in [0.15, 0.2) is 30.4 Å². The van der Waals surface area contributed by atoms with Crippen molar-refractivity contribution < 1.29 is 19.6 Å². The summed E-state index contributed by atoms with van der Waals surface area (Å²) in [6.07, 6.45) is 1.55. The van der Waals surface area contributed by atoms with Gasteiger partial charge in [-0.25, -0.2) is 4.79 Å². The lowest BCUT2D eigenvalue weighted by Crippen LogP contribution is -1.99. The van der Waals surface area contributed by atoms with Crippen LogP contribution in [0, 0.1) is 17.0 Å². The summed E-state index contributed by atoms with van der Waals surface area (Å²) < 4.78 is 0. The summed E-state index contributed by atoms with van der Waals surface area (Å²) in [6.45, 7) is 1.56. The maximum atomic E-state index is 11.5. The zero-order valence-corrected chi connectivity index (χ0v) is 8.91. The second-order valence-corrected chi connectivity index (χ2v) is 3.29. The number of nitro benzene ring substituents is 1. The van der Waals surface area contributed by atoms with Gasteiger partial charge in [0.25, 0.3) is 5.69 Å². The summed E-state index contributed by atoms with van der Waals surface area (Å²) in [7, 11) is 0. The quantitative estimate of drug-likeness (QED) is 0.371. The number of nitrogens with zero attached hydrogens (tertiary/aromatic N) is 1. The summed E-state index contributed by atoms with van der Waals surface area (Å²) in [5, 5.41) is 19.0. The van der Waals surface area contributed by atoms with Crippen molar-refractivity contribution in [3.8, 4) is 0 Å². The third-order valence-electron chi connectivity index (χ3n) is 2.07. The van der Waals surface area contributed by atoms with Crippen molar-refractivity contribution in [1.82, 2.24) is 0 Å². The Balaban J connectivity index is 3.08. The van der Waals surface area contributed by atoms with Crippen LogP contribution in [0.5, 0.6) is 0 Å². The zero-order chi connectivity index (χ0) is 13.0. The second-order valence-electron chi connectivity index (χ2n) is 3.29. The Morgan fingerprint density at radius 3 is 2.53 bits per heavy atom. The predicted octanol–water partition coefficient (Wildman–Crippen LogP) is 1.73. The van der Waals surface area contributed by atoms with Gasteiger partial charge in [-0.2, -0.15) is 0 Å². The van der Waals surface area contributed by atoms with Crippen molar-refractivity contribution in [2.24, 2.45) is 0 Å². The number of rotatable bonds is 4. The molecule has 6 heteroatoms. The van der Waals surface area contributed by atoms with E-state index in [-0.39, 0.29) is 11.3 Å². The molecule has 0 aliphatic heterocycles. The van der Waals surface area contributed by atoms with E-state index in [2.05, 4.69) is 0 Å². The molecule has 1 aromatic carbocycles. The highest BCUT2D eigenvalue weighted by molar-refractivity contribution is 6.07. The largest absolute Gasteiger partial charge is 0.478 e. The molecule has 0 spiro atoms. The molecule has 0 saturated carbocycles. The lowest BCUT2D eigenvalue weighted by molar-refractivity contribution is -0.385. The molecule has 0 atom stereocenters. The number of allylic oxidation sites excluding steroid dienone is 1. The molecule has 88 valence electrons. The first-order valence-electron chi connectivity index (χ1n) is 4.62. The fourth-order valence-electron chi connectivity index (χ4n) is 1.20. The number of aryl methyl sites for hydroxylation is 1. The molecule has 0 aliphatic rings. The first-order valence-corrected chi connectivity index (χ1v) is 4.62. The molecule has 0 heterocycles. The molecular formula is C11H9NO5. The third kappa shape index (κ3) is 3.23. The number of ketones is 1. The van der Waals surface area contributed by atoms with Crippen LogP contribution in [0.25, 0.3) is 0 Å². The number of benzene rings is 1. The number of hydrogen-bond acceptors (Lipinski definition) is 4. The van der Waals surface area contributed by atoms with E-state index in [1.54, 1.807) is 6.92 Å². The SMILES string of the molecule is Cc1ccc(C(=O)C=CC(=O)O)cc1[N+](=O)[O-]. The van der Waals surface area contributed by atoms with E-state index in [0.717, 1.165) is 12.1 Å². The van der Waals surface area contributed by atoms with Gasteiger partial charge in [-0.1, -0.05) is 12.1 Å². The summed E-state index contributed by atoms with van der Waals surface area (Å²) in [6, 6.07) is 3.99. The van der Waals surface area contributed by atoms with Crippen molar-refractivity contribution in [2.45, 2.75) is 6.92 Å². The molecule has 0 fully saturated rings. The Bertz CT molecular complexity index is 519. The molecule has 1 N–H and O–H groups in total. The maximum absolute atomic E-state index is 11.5. The van der Waals surface area contributed by atoms with E-state index in [1.165, 1.54) is 12.1 Å². The molecule has 0 unspecified atom stereocenters. The zero-order valence-electron chi connectivity index (χ0n) is 8.91. The molecule has 0 radical (unpaired) electrons. The van der Waals surface area contributed by atoms with Gasteiger partial charge in [0.15, 0.2) is 5.78 Å². The fourth-order valence-corrected chi connectivity index (χ4v) is 1.20. The number of hydrogen-bond donors (Lipinski definition) is 1. The van der Waals surface area contributed by atoms with E-state index in [4.69, 9.17) is 5.11 Å². The van der Waals surface area contributed by atoms with E-state index < -0.39 is 16.7 Å². The smallest absolute Gasteiger partial charge is 0.328 e. The van der Waals surface area contributed by atoms with Gasteiger partial charge in [0.2, 0.25) is 0 Å².